The van der Waals surface area contributed by atoms with Crippen LogP contribution in [0.5, 0.6) is 0 Å². The third kappa shape index (κ3) is 6.49. The van der Waals surface area contributed by atoms with Crippen molar-refractivity contribution in [3.05, 3.63) is 0 Å². The second kappa shape index (κ2) is 2.87. The van der Waals surface area contributed by atoms with Crippen LogP contribution < -0.4 is 0 Å². The molecule has 0 aromatic heterocycles. The second-order valence-corrected chi connectivity index (χ2v) is 3.84. The number of rotatable bonds is 2. The fraction of sp³-hybridized carbons (Fsp3) is 1.00. The summed E-state index contributed by atoms with van der Waals surface area (Å²) < 4.78 is 29.2. The lowest BCUT2D eigenvalue weighted by atomic mass is 10.9. The summed E-state index contributed by atoms with van der Waals surface area (Å²) in [6.07, 6.45) is 0. The maximum atomic E-state index is 9.72. The quantitative estimate of drug-likeness (QED) is 0.579. The monoisotopic (exact) mass is 177 g/mol. The molecule has 0 spiro atoms. The highest BCUT2D eigenvalue weighted by atomic mass is 35.5. The lowest BCUT2D eigenvalue weighted by molar-refractivity contribution is 0.415. The summed E-state index contributed by atoms with van der Waals surface area (Å²) in [5, 5.41) is 0. The molecule has 0 amide bonds. The molecule has 0 aliphatic carbocycles. The SMILES string of the molecule is [O]S(=O)(=O)CC(Cl)Cl. The van der Waals surface area contributed by atoms with E-state index in [1.165, 1.54) is 0 Å². The molecular weight excluding hydrogens is 175 g/mol. The Balaban J connectivity index is 3.75. The third-order valence-corrected chi connectivity index (χ3v) is 1.75. The highest BCUT2D eigenvalue weighted by Gasteiger charge is 2.11. The number of halogens is 2. The molecule has 1 radical (unpaired) electrons. The predicted molar refractivity (Wildman–Crippen MR) is 30.0 cm³/mol. The van der Waals surface area contributed by atoms with Gasteiger partial charge in [-0.25, -0.2) is 0 Å². The Bertz CT molecular complexity index is 149. The lowest BCUT2D eigenvalue weighted by Gasteiger charge is -1.91. The van der Waals surface area contributed by atoms with Gasteiger partial charge in [0.25, 0.3) is 10.1 Å². The van der Waals surface area contributed by atoms with Crippen molar-refractivity contribution in [1.29, 1.82) is 0 Å². The Labute approximate surface area is 57.3 Å². The molecule has 0 saturated carbocycles. The van der Waals surface area contributed by atoms with Crippen LogP contribution in [0, 0.1) is 0 Å². The molecule has 0 aliphatic rings. The molecule has 0 atom stereocenters. The Morgan fingerprint density at radius 2 is 1.75 bits per heavy atom. The molecule has 0 rings (SSSR count). The minimum absolute atomic E-state index is 0.726. The van der Waals surface area contributed by atoms with Gasteiger partial charge in [-0.15, -0.1) is 23.2 Å². The van der Waals surface area contributed by atoms with E-state index in [-0.39, 0.29) is 0 Å². The average molecular weight is 178 g/mol. The first-order valence-corrected chi connectivity index (χ1v) is 4.08. The fourth-order valence-electron chi connectivity index (χ4n) is 0.154. The molecule has 0 fully saturated rings. The Morgan fingerprint density at radius 3 is 1.75 bits per heavy atom. The topological polar surface area (TPSA) is 54.0 Å². The van der Waals surface area contributed by atoms with E-state index in [1.54, 1.807) is 0 Å². The maximum absolute atomic E-state index is 9.72. The van der Waals surface area contributed by atoms with E-state index in [9.17, 15) is 13.0 Å². The summed E-state index contributed by atoms with van der Waals surface area (Å²) in [6.45, 7) is 0. The van der Waals surface area contributed by atoms with E-state index in [1.807, 2.05) is 0 Å². The van der Waals surface area contributed by atoms with Gasteiger partial charge >= 0.3 is 0 Å². The molecule has 0 heterocycles. The fourth-order valence-corrected chi connectivity index (χ4v) is 1.39. The molecule has 0 N–H and O–H groups in total. The molecule has 0 saturated heterocycles. The average Bonchev–Trinajstić information content (AvgIpc) is 1.21. The highest BCUT2D eigenvalue weighted by Crippen LogP contribution is 2.03. The summed E-state index contributed by atoms with van der Waals surface area (Å²) >= 11 is 9.90. The van der Waals surface area contributed by atoms with Gasteiger partial charge in [0.15, 0.2) is 0 Å². The zero-order chi connectivity index (χ0) is 6.78. The van der Waals surface area contributed by atoms with Crippen LogP contribution in [0.15, 0.2) is 0 Å². The summed E-state index contributed by atoms with van der Waals surface area (Å²) in [5.41, 5.74) is 0. The van der Waals surface area contributed by atoms with Crippen molar-refractivity contribution in [2.24, 2.45) is 0 Å². The van der Waals surface area contributed by atoms with Gasteiger partial charge in [0.05, 0.1) is 0 Å². The van der Waals surface area contributed by atoms with E-state index < -0.39 is 20.7 Å². The van der Waals surface area contributed by atoms with Crippen LogP contribution in [-0.2, 0) is 14.7 Å². The van der Waals surface area contributed by atoms with E-state index in [0.717, 1.165) is 0 Å². The summed E-state index contributed by atoms with van der Waals surface area (Å²) in [4.78, 5) is -1.11. The molecule has 0 aliphatic heterocycles. The molecule has 0 aromatic carbocycles. The Morgan fingerprint density at radius 1 is 1.38 bits per heavy atom. The highest BCUT2D eigenvalue weighted by molar-refractivity contribution is 7.85. The zero-order valence-corrected chi connectivity index (χ0v) is 6.00. The van der Waals surface area contributed by atoms with Gasteiger partial charge in [0.1, 0.15) is 10.6 Å². The molecule has 0 bridgehead atoms. The van der Waals surface area contributed by atoms with Crippen molar-refractivity contribution in [3.8, 4) is 0 Å². The van der Waals surface area contributed by atoms with Gasteiger partial charge in [-0.3, -0.25) is 0 Å². The Kier molecular flexibility index (Phi) is 3.04. The van der Waals surface area contributed by atoms with Crippen molar-refractivity contribution in [2.45, 2.75) is 4.84 Å². The van der Waals surface area contributed by atoms with E-state index in [0.29, 0.717) is 0 Å². The molecule has 6 heteroatoms. The van der Waals surface area contributed by atoms with E-state index >= 15 is 0 Å². The van der Waals surface area contributed by atoms with Crippen molar-refractivity contribution < 1.29 is 13.0 Å². The molecule has 0 unspecified atom stereocenters. The van der Waals surface area contributed by atoms with Crippen LogP contribution in [0.2, 0.25) is 0 Å². The van der Waals surface area contributed by atoms with Crippen LogP contribution in [0.1, 0.15) is 0 Å². The van der Waals surface area contributed by atoms with Gasteiger partial charge in [0, 0.05) is 0 Å². The van der Waals surface area contributed by atoms with Crippen molar-refractivity contribution in [1.82, 2.24) is 0 Å². The van der Waals surface area contributed by atoms with Crippen LogP contribution >= 0.6 is 23.2 Å². The predicted octanol–water partition coefficient (Wildman–Crippen LogP) is 0.550. The van der Waals surface area contributed by atoms with Crippen molar-refractivity contribution in [3.63, 3.8) is 0 Å². The molecule has 3 nitrogen and oxygen atoms in total. The normalized spacial score (nSPS) is 12.5. The number of alkyl halides is 2. The van der Waals surface area contributed by atoms with Gasteiger partial charge < -0.3 is 0 Å². The largest absolute Gasteiger partial charge is 0.297 e. The smallest absolute Gasteiger partial charge is 0.197 e. The molecule has 0 aromatic rings. The molecular formula is C2H3Cl2O3S. The van der Waals surface area contributed by atoms with E-state index in [4.69, 9.17) is 23.2 Å². The Hall–Kier alpha value is 0.490. The van der Waals surface area contributed by atoms with Crippen molar-refractivity contribution in [2.75, 3.05) is 5.75 Å². The first-order valence-electron chi connectivity index (χ1n) is 1.63. The summed E-state index contributed by atoms with van der Waals surface area (Å²) in [7, 11) is -4.24. The first kappa shape index (κ1) is 8.49. The molecule has 8 heavy (non-hydrogen) atoms. The molecule has 49 valence electrons. The van der Waals surface area contributed by atoms with Crippen LogP contribution in [-0.4, -0.2) is 19.0 Å². The van der Waals surface area contributed by atoms with Crippen LogP contribution in [0.3, 0.4) is 0 Å². The number of hydrogen-bond donors (Lipinski definition) is 0. The summed E-state index contributed by atoms with van der Waals surface area (Å²) in [6, 6.07) is 0. The van der Waals surface area contributed by atoms with Crippen LogP contribution in [0.4, 0.5) is 0 Å². The summed E-state index contributed by atoms with van der Waals surface area (Å²) in [5.74, 6) is -0.726. The van der Waals surface area contributed by atoms with Crippen LogP contribution in [0.25, 0.3) is 0 Å². The third-order valence-electron chi connectivity index (χ3n) is 0.330. The maximum Gasteiger partial charge on any atom is 0.297 e. The first-order chi connectivity index (χ1) is 3.42. The van der Waals surface area contributed by atoms with Crippen molar-refractivity contribution >= 4 is 33.3 Å². The second-order valence-electron chi connectivity index (χ2n) is 1.12. The minimum atomic E-state index is -4.24. The number of hydrogen-bond acceptors (Lipinski definition) is 2. The van der Waals surface area contributed by atoms with Gasteiger partial charge in [-0.05, 0) is 0 Å². The standard InChI is InChI=1S/C2H3Cl2O3S/c3-2(4)1-8(5,6)7/h2H,1H2. The van der Waals surface area contributed by atoms with Gasteiger partial charge in [-0.1, -0.05) is 4.55 Å². The van der Waals surface area contributed by atoms with Gasteiger partial charge in [-0.2, -0.15) is 8.42 Å². The van der Waals surface area contributed by atoms with Gasteiger partial charge in [0.2, 0.25) is 0 Å². The lowest BCUT2D eigenvalue weighted by Crippen LogP contribution is -2.08. The minimum Gasteiger partial charge on any atom is -0.197 e. The van der Waals surface area contributed by atoms with E-state index in [2.05, 4.69) is 0 Å². The zero-order valence-electron chi connectivity index (χ0n) is 3.67.